The van der Waals surface area contributed by atoms with Crippen molar-refractivity contribution in [3.63, 3.8) is 0 Å². The smallest absolute Gasteiger partial charge is 0.266 e. The van der Waals surface area contributed by atoms with Crippen molar-refractivity contribution in [2.45, 2.75) is 18.7 Å². The van der Waals surface area contributed by atoms with Gasteiger partial charge in [-0.25, -0.2) is 0 Å². The van der Waals surface area contributed by atoms with E-state index in [4.69, 9.17) is 4.18 Å². The third-order valence-corrected chi connectivity index (χ3v) is 3.22. The van der Waals surface area contributed by atoms with Crippen LogP contribution in [-0.2, 0) is 14.3 Å². The van der Waals surface area contributed by atoms with Gasteiger partial charge in [-0.15, -0.1) is 0 Å². The van der Waals surface area contributed by atoms with Gasteiger partial charge in [-0.05, 0) is 12.0 Å². The first-order valence-corrected chi connectivity index (χ1v) is 6.38. The second-order valence-corrected chi connectivity index (χ2v) is 5.44. The van der Waals surface area contributed by atoms with Gasteiger partial charge >= 0.3 is 10.1 Å². The number of rotatable bonds is 5. The van der Waals surface area contributed by atoms with Gasteiger partial charge in [-0.1, -0.05) is 26.0 Å². The fourth-order valence-corrected chi connectivity index (χ4v) is 2.33. The van der Waals surface area contributed by atoms with Crippen molar-refractivity contribution >= 4 is 15.8 Å². The molecule has 0 saturated heterocycles. The first-order valence-electron chi connectivity index (χ1n) is 4.97. The molecule has 0 bridgehead atoms. The molecule has 0 aromatic heterocycles. The number of para-hydroxylation sites is 1. The molecule has 0 atom stereocenters. The Kier molecular flexibility index (Phi) is 4.19. The zero-order chi connectivity index (χ0) is 13.1. The Bertz CT molecular complexity index is 509. The molecular weight excluding hydrogens is 246 g/mol. The van der Waals surface area contributed by atoms with Crippen molar-refractivity contribution in [3.8, 4) is 0 Å². The van der Waals surface area contributed by atoms with E-state index < -0.39 is 25.6 Å². The predicted octanol–water partition coefficient (Wildman–Crippen LogP) is 1.96. The van der Waals surface area contributed by atoms with Crippen molar-refractivity contribution in [2.24, 2.45) is 5.92 Å². The molecule has 0 saturated carbocycles. The molecule has 0 amide bonds. The average Bonchev–Trinajstić information content (AvgIpc) is 2.26. The summed E-state index contributed by atoms with van der Waals surface area (Å²) in [5.74, 6) is 0.0209. The SMILES string of the molecule is CC(C)COS(=O)(=O)c1ccccc1[N+](=O)[O-]. The Morgan fingerprint density at radius 1 is 1.35 bits per heavy atom. The van der Waals surface area contributed by atoms with Crippen LogP contribution in [0.4, 0.5) is 5.69 Å². The zero-order valence-corrected chi connectivity index (χ0v) is 10.3. The molecule has 0 spiro atoms. The van der Waals surface area contributed by atoms with E-state index in [-0.39, 0.29) is 12.5 Å². The topological polar surface area (TPSA) is 86.5 Å². The van der Waals surface area contributed by atoms with Gasteiger partial charge in [0.05, 0.1) is 11.5 Å². The van der Waals surface area contributed by atoms with Crippen LogP contribution in [-0.4, -0.2) is 19.9 Å². The lowest BCUT2D eigenvalue weighted by molar-refractivity contribution is -0.387. The molecule has 1 aromatic rings. The van der Waals surface area contributed by atoms with E-state index >= 15 is 0 Å². The summed E-state index contributed by atoms with van der Waals surface area (Å²) >= 11 is 0. The number of nitro groups is 1. The van der Waals surface area contributed by atoms with E-state index in [9.17, 15) is 18.5 Å². The Morgan fingerprint density at radius 3 is 2.47 bits per heavy atom. The maximum absolute atomic E-state index is 11.7. The van der Waals surface area contributed by atoms with E-state index in [1.54, 1.807) is 13.8 Å². The number of benzene rings is 1. The van der Waals surface area contributed by atoms with Crippen molar-refractivity contribution in [1.29, 1.82) is 0 Å². The third kappa shape index (κ3) is 3.50. The Balaban J connectivity index is 3.11. The molecule has 0 N–H and O–H groups in total. The molecule has 17 heavy (non-hydrogen) atoms. The lowest BCUT2D eigenvalue weighted by atomic mass is 10.2. The second-order valence-electron chi connectivity index (χ2n) is 3.86. The highest BCUT2D eigenvalue weighted by Gasteiger charge is 2.26. The molecule has 1 rings (SSSR count). The number of hydrogen-bond acceptors (Lipinski definition) is 5. The highest BCUT2D eigenvalue weighted by molar-refractivity contribution is 7.87. The van der Waals surface area contributed by atoms with Crippen LogP contribution in [0.15, 0.2) is 29.2 Å². The highest BCUT2D eigenvalue weighted by Crippen LogP contribution is 2.24. The van der Waals surface area contributed by atoms with Crippen LogP contribution in [0, 0.1) is 16.0 Å². The fourth-order valence-electron chi connectivity index (χ4n) is 1.11. The lowest BCUT2D eigenvalue weighted by Crippen LogP contribution is -2.12. The van der Waals surface area contributed by atoms with Crippen molar-refractivity contribution in [2.75, 3.05) is 6.61 Å². The van der Waals surface area contributed by atoms with E-state index in [2.05, 4.69) is 0 Å². The minimum absolute atomic E-state index is 0.00557. The van der Waals surface area contributed by atoms with Crippen LogP contribution in [0.25, 0.3) is 0 Å². The minimum atomic E-state index is -4.07. The Hall–Kier alpha value is -1.47. The Morgan fingerprint density at radius 2 is 1.94 bits per heavy atom. The van der Waals surface area contributed by atoms with Gasteiger partial charge in [-0.2, -0.15) is 8.42 Å². The summed E-state index contributed by atoms with van der Waals surface area (Å²) in [4.78, 5) is 9.54. The average molecular weight is 259 g/mol. The quantitative estimate of drug-likeness (QED) is 0.458. The normalized spacial score (nSPS) is 11.7. The van der Waals surface area contributed by atoms with Crippen molar-refractivity contribution < 1.29 is 17.5 Å². The van der Waals surface area contributed by atoms with E-state index in [0.29, 0.717) is 0 Å². The number of nitrogens with zero attached hydrogens (tertiary/aromatic N) is 1. The standard InChI is InChI=1S/C10H13NO5S/c1-8(2)7-16-17(14,15)10-6-4-3-5-9(10)11(12)13/h3-6,8H,7H2,1-2H3. The predicted molar refractivity (Wildman–Crippen MR) is 61.1 cm³/mol. The van der Waals surface area contributed by atoms with Gasteiger partial charge in [0.25, 0.3) is 5.69 Å². The first kappa shape index (κ1) is 13.6. The summed E-state index contributed by atoms with van der Waals surface area (Å²) in [5.41, 5.74) is -0.476. The van der Waals surface area contributed by atoms with Gasteiger partial charge in [0, 0.05) is 6.07 Å². The molecular formula is C10H13NO5S. The van der Waals surface area contributed by atoms with Crippen LogP contribution in [0.2, 0.25) is 0 Å². The maximum atomic E-state index is 11.7. The van der Waals surface area contributed by atoms with Crippen LogP contribution >= 0.6 is 0 Å². The van der Waals surface area contributed by atoms with Crippen LogP contribution < -0.4 is 0 Å². The van der Waals surface area contributed by atoms with Crippen molar-refractivity contribution in [3.05, 3.63) is 34.4 Å². The van der Waals surface area contributed by atoms with E-state index in [0.717, 1.165) is 12.1 Å². The maximum Gasteiger partial charge on any atom is 0.303 e. The molecule has 7 heteroatoms. The fraction of sp³-hybridized carbons (Fsp3) is 0.400. The van der Waals surface area contributed by atoms with Gasteiger partial charge in [0.15, 0.2) is 4.90 Å². The number of hydrogen-bond donors (Lipinski definition) is 0. The minimum Gasteiger partial charge on any atom is -0.266 e. The highest BCUT2D eigenvalue weighted by atomic mass is 32.2. The molecule has 0 aliphatic heterocycles. The van der Waals surface area contributed by atoms with Gasteiger partial charge < -0.3 is 0 Å². The summed E-state index contributed by atoms with van der Waals surface area (Å²) in [7, 11) is -4.07. The van der Waals surface area contributed by atoms with Crippen LogP contribution in [0.3, 0.4) is 0 Å². The summed E-state index contributed by atoms with van der Waals surface area (Å²) < 4.78 is 28.2. The molecule has 0 aliphatic rings. The number of nitro benzene ring substituents is 1. The molecule has 0 radical (unpaired) electrons. The van der Waals surface area contributed by atoms with Crippen LogP contribution in [0.1, 0.15) is 13.8 Å². The van der Waals surface area contributed by atoms with Gasteiger partial charge in [0.2, 0.25) is 0 Å². The van der Waals surface area contributed by atoms with E-state index in [1.807, 2.05) is 0 Å². The molecule has 1 aromatic carbocycles. The summed E-state index contributed by atoms with van der Waals surface area (Å²) in [6.07, 6.45) is 0. The third-order valence-electron chi connectivity index (χ3n) is 1.89. The van der Waals surface area contributed by atoms with Gasteiger partial charge in [-0.3, -0.25) is 14.3 Å². The molecule has 0 fully saturated rings. The molecule has 0 unspecified atom stereocenters. The lowest BCUT2D eigenvalue weighted by Gasteiger charge is -2.07. The summed E-state index contributed by atoms with van der Waals surface area (Å²) in [5, 5.41) is 10.7. The largest absolute Gasteiger partial charge is 0.303 e. The monoisotopic (exact) mass is 259 g/mol. The van der Waals surface area contributed by atoms with Gasteiger partial charge in [0.1, 0.15) is 0 Å². The van der Waals surface area contributed by atoms with Crippen LogP contribution in [0.5, 0.6) is 0 Å². The molecule has 6 nitrogen and oxygen atoms in total. The zero-order valence-electron chi connectivity index (χ0n) is 9.49. The second kappa shape index (κ2) is 5.24. The Labute approximate surface area is 99.5 Å². The molecule has 0 aliphatic carbocycles. The van der Waals surface area contributed by atoms with Crippen molar-refractivity contribution in [1.82, 2.24) is 0 Å². The summed E-state index contributed by atoms with van der Waals surface area (Å²) in [6, 6.07) is 5.11. The molecule has 94 valence electrons. The summed E-state index contributed by atoms with van der Waals surface area (Å²) in [6.45, 7) is 3.57. The first-order chi connectivity index (χ1) is 7.84. The molecule has 0 heterocycles. The van der Waals surface area contributed by atoms with E-state index in [1.165, 1.54) is 12.1 Å².